The van der Waals surface area contributed by atoms with Crippen LogP contribution in [0, 0.1) is 27.7 Å². The van der Waals surface area contributed by atoms with Crippen LogP contribution in [0.4, 0.5) is 0 Å². The van der Waals surface area contributed by atoms with Crippen molar-refractivity contribution in [1.29, 1.82) is 0 Å². The van der Waals surface area contributed by atoms with Gasteiger partial charge in [0.2, 0.25) is 0 Å². The van der Waals surface area contributed by atoms with Gasteiger partial charge in [-0.1, -0.05) is 95.1 Å². The van der Waals surface area contributed by atoms with Crippen LogP contribution in [-0.4, -0.2) is 48.8 Å². The molecule has 2 saturated heterocycles. The van der Waals surface area contributed by atoms with Crippen molar-refractivity contribution in [2.45, 2.75) is 39.9 Å². The van der Waals surface area contributed by atoms with Crippen molar-refractivity contribution in [3.8, 4) is 22.6 Å². The SMILES string of the molecule is C(OCC1CO1)C1CO1.Cc1cc(C)cc(-c2cc(C)cc(C)c2)c1.Oc1ccccc1.Oc1ccccc1. The van der Waals surface area contributed by atoms with Gasteiger partial charge in [0, 0.05) is 0 Å². The standard InChI is InChI=1S/C16H18.C6H10O3.2C6H6O/c1-11-5-12(2)8-15(7-11)16-9-13(3)6-14(4)10-16;1(5-3-8-5)7-2-6-4-9-6;2*7-6-4-2-1-3-5-6/h5-10H,1-4H3;5-6H,1-4H2;2*1-5,7H. The molecule has 0 spiro atoms. The van der Waals surface area contributed by atoms with Crippen molar-refractivity contribution < 1.29 is 24.4 Å². The Morgan fingerprint density at radius 3 is 1.10 bits per heavy atom. The van der Waals surface area contributed by atoms with Crippen molar-refractivity contribution in [2.24, 2.45) is 0 Å². The number of rotatable bonds is 5. The molecule has 0 amide bonds. The monoisotopic (exact) mass is 528 g/mol. The predicted octanol–water partition coefficient (Wildman–Crippen LogP) is 7.17. The molecule has 2 aliphatic heterocycles. The summed E-state index contributed by atoms with van der Waals surface area (Å²) in [7, 11) is 0. The summed E-state index contributed by atoms with van der Waals surface area (Å²) in [6.45, 7) is 11.9. The largest absolute Gasteiger partial charge is 0.508 e. The van der Waals surface area contributed by atoms with Gasteiger partial charge in [0.05, 0.1) is 26.4 Å². The minimum atomic E-state index is 0.322. The van der Waals surface area contributed by atoms with Crippen LogP contribution in [0.5, 0.6) is 11.5 Å². The Balaban J connectivity index is 0.000000155. The summed E-state index contributed by atoms with van der Waals surface area (Å²) < 4.78 is 15.1. The molecule has 2 heterocycles. The first-order chi connectivity index (χ1) is 18.8. The number of aromatic hydroxyl groups is 2. The van der Waals surface area contributed by atoms with Crippen molar-refractivity contribution >= 4 is 0 Å². The molecule has 4 aromatic carbocycles. The van der Waals surface area contributed by atoms with Crippen LogP contribution in [0.25, 0.3) is 11.1 Å². The molecule has 2 aliphatic rings. The fourth-order valence-electron chi connectivity index (χ4n) is 3.80. The fourth-order valence-corrected chi connectivity index (χ4v) is 3.80. The molecule has 0 bridgehead atoms. The summed E-state index contributed by atoms with van der Waals surface area (Å²) in [5.74, 6) is 0.644. The van der Waals surface area contributed by atoms with Gasteiger partial charge in [-0.15, -0.1) is 0 Å². The zero-order valence-corrected chi connectivity index (χ0v) is 23.3. The normalized spacial score (nSPS) is 16.3. The number of aryl methyl sites for hydroxylation is 4. The van der Waals surface area contributed by atoms with E-state index in [2.05, 4.69) is 64.1 Å². The second-order valence-electron chi connectivity index (χ2n) is 9.87. The van der Waals surface area contributed by atoms with E-state index in [-0.39, 0.29) is 0 Å². The maximum atomic E-state index is 8.63. The van der Waals surface area contributed by atoms with E-state index in [0.717, 1.165) is 26.4 Å². The van der Waals surface area contributed by atoms with Gasteiger partial charge >= 0.3 is 0 Å². The number of hydrogen-bond acceptors (Lipinski definition) is 5. The molecular weight excluding hydrogens is 488 g/mol. The molecule has 0 radical (unpaired) electrons. The van der Waals surface area contributed by atoms with E-state index >= 15 is 0 Å². The highest BCUT2D eigenvalue weighted by atomic mass is 16.6. The number of benzene rings is 4. The summed E-state index contributed by atoms with van der Waals surface area (Å²) in [5.41, 5.74) is 7.96. The molecule has 39 heavy (non-hydrogen) atoms. The first-order valence-electron chi connectivity index (χ1n) is 13.2. The van der Waals surface area contributed by atoms with E-state index < -0.39 is 0 Å². The average Bonchev–Trinajstić information content (AvgIpc) is 3.82. The Bertz CT molecular complexity index is 1110. The summed E-state index contributed by atoms with van der Waals surface area (Å²) >= 11 is 0. The zero-order chi connectivity index (χ0) is 28.0. The molecule has 5 nitrogen and oxygen atoms in total. The van der Waals surface area contributed by atoms with E-state index in [0.29, 0.717) is 23.7 Å². The van der Waals surface area contributed by atoms with Crippen LogP contribution in [-0.2, 0) is 14.2 Å². The van der Waals surface area contributed by atoms with E-state index in [4.69, 9.17) is 24.4 Å². The molecule has 2 unspecified atom stereocenters. The van der Waals surface area contributed by atoms with Crippen LogP contribution < -0.4 is 0 Å². The number of epoxide rings is 2. The third-order valence-electron chi connectivity index (χ3n) is 5.70. The predicted molar refractivity (Wildman–Crippen MR) is 157 cm³/mol. The van der Waals surface area contributed by atoms with Gasteiger partial charge < -0.3 is 24.4 Å². The maximum Gasteiger partial charge on any atom is 0.115 e. The van der Waals surface area contributed by atoms with Gasteiger partial charge in [0.15, 0.2) is 0 Å². The van der Waals surface area contributed by atoms with Gasteiger partial charge in [-0.3, -0.25) is 0 Å². The molecule has 0 saturated carbocycles. The minimum Gasteiger partial charge on any atom is -0.508 e. The Morgan fingerprint density at radius 2 is 0.872 bits per heavy atom. The lowest BCUT2D eigenvalue weighted by Crippen LogP contribution is -2.06. The summed E-state index contributed by atoms with van der Waals surface area (Å²) in [6.07, 6.45) is 0.785. The molecule has 4 aromatic rings. The van der Waals surface area contributed by atoms with E-state index in [1.807, 2.05) is 12.1 Å². The third-order valence-corrected chi connectivity index (χ3v) is 5.70. The van der Waals surface area contributed by atoms with Crippen LogP contribution in [0.1, 0.15) is 22.3 Å². The van der Waals surface area contributed by atoms with Crippen LogP contribution in [0.15, 0.2) is 97.1 Å². The minimum absolute atomic E-state index is 0.322. The Hall–Kier alpha value is -3.64. The van der Waals surface area contributed by atoms with Crippen LogP contribution >= 0.6 is 0 Å². The number of phenols is 2. The highest BCUT2D eigenvalue weighted by Crippen LogP contribution is 2.24. The highest BCUT2D eigenvalue weighted by molar-refractivity contribution is 5.66. The molecule has 6 rings (SSSR count). The highest BCUT2D eigenvalue weighted by Gasteiger charge is 2.26. The Labute approximate surface area is 232 Å². The Morgan fingerprint density at radius 1 is 0.564 bits per heavy atom. The molecule has 0 aromatic heterocycles. The van der Waals surface area contributed by atoms with E-state index in [1.54, 1.807) is 48.5 Å². The first-order valence-corrected chi connectivity index (χ1v) is 13.2. The zero-order valence-electron chi connectivity index (χ0n) is 23.3. The lowest BCUT2D eigenvalue weighted by Gasteiger charge is -2.07. The first kappa shape index (κ1) is 29.9. The average molecular weight is 529 g/mol. The lowest BCUT2D eigenvalue weighted by molar-refractivity contribution is 0.102. The van der Waals surface area contributed by atoms with Crippen molar-refractivity contribution in [2.75, 3.05) is 26.4 Å². The topological polar surface area (TPSA) is 74.8 Å². The summed E-state index contributed by atoms with van der Waals surface area (Å²) in [4.78, 5) is 0. The number of ether oxygens (including phenoxy) is 3. The second-order valence-corrected chi connectivity index (χ2v) is 9.87. The molecule has 0 aliphatic carbocycles. The summed E-state index contributed by atoms with van der Waals surface area (Å²) in [6, 6.07) is 30.9. The van der Waals surface area contributed by atoms with Crippen LogP contribution in [0.3, 0.4) is 0 Å². The van der Waals surface area contributed by atoms with Gasteiger partial charge in [-0.2, -0.15) is 0 Å². The number of hydrogen-bond donors (Lipinski definition) is 2. The molecule has 206 valence electrons. The van der Waals surface area contributed by atoms with Crippen molar-refractivity contribution in [3.05, 3.63) is 119 Å². The Kier molecular flexibility index (Phi) is 12.0. The van der Waals surface area contributed by atoms with Gasteiger partial charge in [-0.25, -0.2) is 0 Å². The number of para-hydroxylation sites is 2. The lowest BCUT2D eigenvalue weighted by atomic mass is 9.98. The van der Waals surface area contributed by atoms with Crippen molar-refractivity contribution in [3.63, 3.8) is 0 Å². The fraction of sp³-hybridized carbons (Fsp3) is 0.294. The van der Waals surface area contributed by atoms with Crippen LogP contribution in [0.2, 0.25) is 0 Å². The molecular formula is C34H40O5. The van der Waals surface area contributed by atoms with Crippen molar-refractivity contribution in [1.82, 2.24) is 0 Å². The quantitative estimate of drug-likeness (QED) is 0.269. The summed E-state index contributed by atoms with van der Waals surface area (Å²) in [5, 5.41) is 17.3. The maximum absolute atomic E-state index is 8.63. The number of phenolic OH excluding ortho intramolecular Hbond substituents is 2. The van der Waals surface area contributed by atoms with E-state index in [9.17, 15) is 0 Å². The third kappa shape index (κ3) is 13.1. The van der Waals surface area contributed by atoms with Gasteiger partial charge in [0.25, 0.3) is 0 Å². The smallest absolute Gasteiger partial charge is 0.115 e. The van der Waals surface area contributed by atoms with E-state index in [1.165, 1.54) is 33.4 Å². The van der Waals surface area contributed by atoms with Gasteiger partial charge in [0.1, 0.15) is 23.7 Å². The second kappa shape index (κ2) is 15.7. The molecule has 2 atom stereocenters. The molecule has 2 fully saturated rings. The molecule has 2 N–H and O–H groups in total. The molecule has 5 heteroatoms. The van der Waals surface area contributed by atoms with Gasteiger partial charge in [-0.05, 0) is 63.1 Å².